The molecule has 0 spiro atoms. The van der Waals surface area contributed by atoms with Gasteiger partial charge in [-0.3, -0.25) is 10.1 Å². The maximum atomic E-state index is 10.8. The van der Waals surface area contributed by atoms with Crippen molar-refractivity contribution >= 4 is 34.4 Å². The number of aliphatic hydroxyl groups excluding tert-OH is 2. The number of azo groups is 1. The largest absolute Gasteiger partial charge is 0.505 e. The van der Waals surface area contributed by atoms with Crippen molar-refractivity contribution in [1.82, 2.24) is 4.98 Å². The Bertz CT molecular complexity index is 972. The summed E-state index contributed by atoms with van der Waals surface area (Å²) in [5.41, 5.74) is 0.516. The maximum absolute atomic E-state index is 10.8. The minimum atomic E-state index is -0.647. The van der Waals surface area contributed by atoms with Gasteiger partial charge in [0.2, 0.25) is 5.69 Å². The minimum Gasteiger partial charge on any atom is -0.505 e. The third kappa shape index (κ3) is 5.12. The topological polar surface area (TPSA) is 170 Å². The molecule has 0 unspecified atom stereocenters. The van der Waals surface area contributed by atoms with Crippen LogP contribution in [0.1, 0.15) is 5.56 Å². The molecule has 0 aliphatic heterocycles. The molecule has 0 aliphatic carbocycles. The number of aromatic hydroxyl groups is 1. The number of hydrogen-bond acceptors (Lipinski definition) is 10. The first-order valence-corrected chi connectivity index (χ1v) is 8.43. The van der Waals surface area contributed by atoms with Gasteiger partial charge in [0, 0.05) is 19.2 Å². The lowest BCUT2D eigenvalue weighted by Crippen LogP contribution is -2.11. The SMILES string of the molecule is [C-]#[N+]c1c(NCCO)nc(NCCO)c(N=Nc2ccc([N+](=O)[O-])cc2O)c1C. The van der Waals surface area contributed by atoms with Gasteiger partial charge in [-0.1, -0.05) is 0 Å². The van der Waals surface area contributed by atoms with Crippen LogP contribution in [0.2, 0.25) is 0 Å². The second kappa shape index (κ2) is 9.93. The Morgan fingerprint density at radius 3 is 2.41 bits per heavy atom. The number of nitrogens with zero attached hydrogens (tertiary/aromatic N) is 5. The molecule has 0 radical (unpaired) electrons. The van der Waals surface area contributed by atoms with E-state index in [1.807, 2.05) is 0 Å². The second-order valence-corrected chi connectivity index (χ2v) is 5.67. The van der Waals surface area contributed by atoms with Crippen molar-refractivity contribution < 1.29 is 20.2 Å². The number of benzene rings is 1. The van der Waals surface area contributed by atoms with Crippen LogP contribution in [-0.2, 0) is 0 Å². The highest BCUT2D eigenvalue weighted by molar-refractivity contribution is 5.81. The summed E-state index contributed by atoms with van der Waals surface area (Å²) in [6.45, 7) is 9.06. The average molecular weight is 401 g/mol. The normalized spacial score (nSPS) is 10.7. The van der Waals surface area contributed by atoms with Crippen LogP contribution in [0.3, 0.4) is 0 Å². The van der Waals surface area contributed by atoms with Gasteiger partial charge in [0.15, 0.2) is 5.82 Å². The molecular weight excluding hydrogens is 382 g/mol. The Morgan fingerprint density at radius 2 is 1.86 bits per heavy atom. The number of non-ortho nitro benzene ring substituents is 1. The number of nitrogens with one attached hydrogen (secondary N) is 2. The van der Waals surface area contributed by atoms with Gasteiger partial charge in [0.1, 0.15) is 22.9 Å². The molecule has 12 heteroatoms. The number of phenolic OH excluding ortho intramolecular Hbond substituents is 1. The molecule has 29 heavy (non-hydrogen) atoms. The van der Waals surface area contributed by atoms with Crippen molar-refractivity contribution in [2.45, 2.75) is 6.92 Å². The highest BCUT2D eigenvalue weighted by Gasteiger charge is 2.18. The van der Waals surface area contributed by atoms with E-state index in [1.54, 1.807) is 6.92 Å². The third-order valence-corrected chi connectivity index (χ3v) is 3.73. The fourth-order valence-electron chi connectivity index (χ4n) is 2.35. The first-order chi connectivity index (χ1) is 13.9. The lowest BCUT2D eigenvalue weighted by Gasteiger charge is -2.15. The van der Waals surface area contributed by atoms with Crippen LogP contribution in [0.5, 0.6) is 5.75 Å². The lowest BCUT2D eigenvalue weighted by molar-refractivity contribution is -0.384. The Kier molecular flexibility index (Phi) is 7.35. The Morgan fingerprint density at radius 1 is 1.21 bits per heavy atom. The van der Waals surface area contributed by atoms with Crippen LogP contribution in [-0.4, -0.2) is 51.5 Å². The van der Waals surface area contributed by atoms with Gasteiger partial charge in [-0.05, 0) is 18.6 Å². The van der Waals surface area contributed by atoms with E-state index in [0.29, 0.717) is 5.56 Å². The number of hydrogen-bond donors (Lipinski definition) is 5. The smallest absolute Gasteiger partial charge is 0.273 e. The summed E-state index contributed by atoms with van der Waals surface area (Å²) in [4.78, 5) is 17.9. The van der Waals surface area contributed by atoms with Crippen LogP contribution in [0.15, 0.2) is 28.4 Å². The molecule has 0 saturated heterocycles. The summed E-state index contributed by atoms with van der Waals surface area (Å²) in [6.07, 6.45) is 0. The molecule has 0 amide bonds. The maximum Gasteiger partial charge on any atom is 0.273 e. The van der Waals surface area contributed by atoms with E-state index < -0.39 is 10.7 Å². The Labute approximate surface area is 165 Å². The van der Waals surface area contributed by atoms with Gasteiger partial charge in [-0.2, -0.15) is 0 Å². The standard InChI is InChI=1S/C17H19N7O5/c1-10-14(18-2)16(19-5-7-25)21-17(20-6-8-26)15(10)23-22-12-4-3-11(24(28)29)9-13(12)27/h3-4,9,25-27H,5-8H2,1H3,(H2,19,20,21). The zero-order chi connectivity index (χ0) is 21.4. The van der Waals surface area contributed by atoms with Crippen LogP contribution in [0.4, 0.5) is 34.4 Å². The van der Waals surface area contributed by atoms with Crippen LogP contribution in [0.25, 0.3) is 4.85 Å². The van der Waals surface area contributed by atoms with Crippen molar-refractivity contribution in [3.05, 3.63) is 45.3 Å². The molecule has 2 rings (SSSR count). The van der Waals surface area contributed by atoms with E-state index in [0.717, 1.165) is 6.07 Å². The molecule has 0 aliphatic rings. The van der Waals surface area contributed by atoms with Crippen LogP contribution < -0.4 is 10.6 Å². The van der Waals surface area contributed by atoms with E-state index in [9.17, 15) is 15.2 Å². The molecule has 1 aromatic carbocycles. The highest BCUT2D eigenvalue weighted by Crippen LogP contribution is 2.40. The number of nitro benzene ring substituents is 1. The van der Waals surface area contributed by atoms with E-state index in [-0.39, 0.29) is 60.7 Å². The third-order valence-electron chi connectivity index (χ3n) is 3.73. The molecule has 12 nitrogen and oxygen atoms in total. The zero-order valence-corrected chi connectivity index (χ0v) is 15.5. The van der Waals surface area contributed by atoms with Crippen molar-refractivity contribution in [2.75, 3.05) is 36.9 Å². The first-order valence-electron chi connectivity index (χ1n) is 8.43. The first kappa shape index (κ1) is 21.5. The monoisotopic (exact) mass is 401 g/mol. The van der Waals surface area contributed by atoms with Gasteiger partial charge in [0.25, 0.3) is 5.69 Å². The molecular formula is C17H19N7O5. The summed E-state index contributed by atoms with van der Waals surface area (Å²) in [5, 5.41) is 52.5. The van der Waals surface area contributed by atoms with Gasteiger partial charge in [0.05, 0.1) is 30.8 Å². The molecule has 0 fully saturated rings. The molecule has 0 bridgehead atoms. The predicted molar refractivity (Wildman–Crippen MR) is 105 cm³/mol. The number of aliphatic hydroxyl groups is 2. The van der Waals surface area contributed by atoms with Crippen LogP contribution >= 0.6 is 0 Å². The van der Waals surface area contributed by atoms with E-state index >= 15 is 0 Å². The summed E-state index contributed by atoms with van der Waals surface area (Å²) >= 11 is 0. The molecule has 152 valence electrons. The molecule has 1 heterocycles. The summed E-state index contributed by atoms with van der Waals surface area (Å²) in [5.74, 6) is 0.0451. The highest BCUT2D eigenvalue weighted by atomic mass is 16.6. The second-order valence-electron chi connectivity index (χ2n) is 5.67. The van der Waals surface area contributed by atoms with Gasteiger partial charge in [-0.15, -0.1) is 10.2 Å². The van der Waals surface area contributed by atoms with Crippen molar-refractivity contribution in [2.24, 2.45) is 10.2 Å². The number of anilines is 2. The molecule has 2 aromatic rings. The summed E-state index contributed by atoms with van der Waals surface area (Å²) in [6, 6.07) is 3.38. The van der Waals surface area contributed by atoms with Gasteiger partial charge >= 0.3 is 0 Å². The van der Waals surface area contributed by atoms with Crippen LogP contribution in [0, 0.1) is 23.6 Å². The molecule has 1 aromatic heterocycles. The summed E-state index contributed by atoms with van der Waals surface area (Å²) in [7, 11) is 0. The number of rotatable bonds is 9. The quantitative estimate of drug-likeness (QED) is 0.185. The van der Waals surface area contributed by atoms with Crippen molar-refractivity contribution in [1.29, 1.82) is 0 Å². The van der Waals surface area contributed by atoms with E-state index in [2.05, 4.69) is 30.7 Å². The number of aromatic nitrogens is 1. The van der Waals surface area contributed by atoms with Crippen molar-refractivity contribution in [3.63, 3.8) is 0 Å². The number of phenols is 1. The molecule has 0 atom stereocenters. The van der Waals surface area contributed by atoms with E-state index in [1.165, 1.54) is 12.1 Å². The van der Waals surface area contributed by atoms with Gasteiger partial charge < -0.3 is 26.0 Å². The molecule has 0 saturated carbocycles. The fourth-order valence-corrected chi connectivity index (χ4v) is 2.35. The van der Waals surface area contributed by atoms with E-state index in [4.69, 9.17) is 16.8 Å². The number of nitro groups is 1. The lowest BCUT2D eigenvalue weighted by atomic mass is 10.2. The average Bonchev–Trinajstić information content (AvgIpc) is 2.70. The number of pyridine rings is 1. The van der Waals surface area contributed by atoms with Gasteiger partial charge in [-0.25, -0.2) is 9.83 Å². The van der Waals surface area contributed by atoms with Crippen molar-refractivity contribution in [3.8, 4) is 5.75 Å². The molecule has 5 N–H and O–H groups in total. The Balaban J connectivity index is 2.51. The Hall–Kier alpha value is -3.82. The zero-order valence-electron chi connectivity index (χ0n) is 15.5. The summed E-state index contributed by atoms with van der Waals surface area (Å²) < 4.78 is 0. The fraction of sp³-hybridized carbons (Fsp3) is 0.294. The predicted octanol–water partition coefficient (Wildman–Crippen LogP) is 2.78. The minimum absolute atomic E-state index is 0.00467.